The van der Waals surface area contributed by atoms with Crippen LogP contribution in [-0.2, 0) is 21.2 Å². The summed E-state index contributed by atoms with van der Waals surface area (Å²) < 4.78 is 26.1. The van der Waals surface area contributed by atoms with E-state index >= 15 is 0 Å². The fourth-order valence-corrected chi connectivity index (χ4v) is 4.55. The Morgan fingerprint density at radius 2 is 1.68 bits per heavy atom. The number of amides is 1. The quantitative estimate of drug-likeness (QED) is 0.698. The van der Waals surface area contributed by atoms with E-state index in [1.807, 2.05) is 44.2 Å². The Kier molecular flexibility index (Phi) is 7.12. The minimum absolute atomic E-state index is 0.330. The van der Waals surface area contributed by atoms with Gasteiger partial charge in [0.25, 0.3) is 0 Å². The minimum atomic E-state index is -3.67. The van der Waals surface area contributed by atoms with Gasteiger partial charge in [0.15, 0.2) is 0 Å². The zero-order chi connectivity index (χ0) is 20.9. The SMILES string of the molecule is CC[C@H](C(=O)NC(C)(C)Cc1ccccc1)N(c1ccc(Cl)cc1)S(C)(=O)=O. The van der Waals surface area contributed by atoms with Crippen molar-refractivity contribution in [3.05, 3.63) is 65.2 Å². The van der Waals surface area contributed by atoms with E-state index in [4.69, 9.17) is 11.6 Å². The first-order valence-electron chi connectivity index (χ1n) is 9.14. The zero-order valence-corrected chi connectivity index (χ0v) is 18.2. The van der Waals surface area contributed by atoms with Crippen molar-refractivity contribution in [1.29, 1.82) is 0 Å². The van der Waals surface area contributed by atoms with Gasteiger partial charge in [-0.25, -0.2) is 8.42 Å². The largest absolute Gasteiger partial charge is 0.349 e. The summed E-state index contributed by atoms with van der Waals surface area (Å²) in [7, 11) is -3.67. The summed E-state index contributed by atoms with van der Waals surface area (Å²) in [4.78, 5) is 13.1. The number of carbonyl (C=O) groups is 1. The first kappa shape index (κ1) is 22.2. The first-order valence-corrected chi connectivity index (χ1v) is 11.4. The van der Waals surface area contributed by atoms with Gasteiger partial charge < -0.3 is 5.32 Å². The van der Waals surface area contributed by atoms with Gasteiger partial charge in [-0.15, -0.1) is 0 Å². The number of nitrogens with zero attached hydrogens (tertiary/aromatic N) is 1. The Labute approximate surface area is 172 Å². The summed E-state index contributed by atoms with van der Waals surface area (Å²) in [6.07, 6.45) is 2.07. The van der Waals surface area contributed by atoms with Crippen LogP contribution in [-0.4, -0.2) is 32.2 Å². The molecule has 7 heteroatoms. The van der Waals surface area contributed by atoms with Crippen LogP contribution in [0.2, 0.25) is 5.02 Å². The molecule has 0 saturated carbocycles. The lowest BCUT2D eigenvalue weighted by atomic mass is 9.94. The Bertz CT molecular complexity index is 897. The van der Waals surface area contributed by atoms with Gasteiger partial charge in [-0.1, -0.05) is 48.9 Å². The highest BCUT2D eigenvalue weighted by Crippen LogP contribution is 2.25. The van der Waals surface area contributed by atoms with Crippen LogP contribution in [0.25, 0.3) is 0 Å². The molecule has 0 aliphatic carbocycles. The van der Waals surface area contributed by atoms with Crippen LogP contribution in [0.4, 0.5) is 5.69 Å². The summed E-state index contributed by atoms with van der Waals surface area (Å²) in [6, 6.07) is 15.4. The average Bonchev–Trinajstić information content (AvgIpc) is 2.59. The minimum Gasteiger partial charge on any atom is -0.349 e. The fraction of sp³-hybridized carbons (Fsp3) is 0.381. The van der Waals surface area contributed by atoms with E-state index in [1.54, 1.807) is 31.2 Å². The van der Waals surface area contributed by atoms with Crippen molar-refractivity contribution in [3.8, 4) is 0 Å². The highest BCUT2D eigenvalue weighted by Gasteiger charge is 2.34. The maximum atomic E-state index is 13.1. The van der Waals surface area contributed by atoms with E-state index in [0.717, 1.165) is 16.1 Å². The fourth-order valence-electron chi connectivity index (χ4n) is 3.22. The molecule has 2 aromatic rings. The molecule has 1 amide bonds. The van der Waals surface area contributed by atoms with Crippen LogP contribution in [0.15, 0.2) is 54.6 Å². The molecule has 0 saturated heterocycles. The van der Waals surface area contributed by atoms with Crippen molar-refractivity contribution < 1.29 is 13.2 Å². The maximum absolute atomic E-state index is 13.1. The number of hydrogen-bond donors (Lipinski definition) is 1. The maximum Gasteiger partial charge on any atom is 0.244 e. The smallest absolute Gasteiger partial charge is 0.244 e. The molecule has 1 atom stereocenters. The molecule has 2 aromatic carbocycles. The van der Waals surface area contributed by atoms with E-state index in [0.29, 0.717) is 23.6 Å². The summed E-state index contributed by atoms with van der Waals surface area (Å²) >= 11 is 5.92. The van der Waals surface area contributed by atoms with Gasteiger partial charge in [0.2, 0.25) is 15.9 Å². The molecule has 0 aliphatic rings. The number of rotatable bonds is 8. The van der Waals surface area contributed by atoms with E-state index in [2.05, 4.69) is 5.32 Å². The Morgan fingerprint density at radius 1 is 1.11 bits per heavy atom. The molecular weight excluding hydrogens is 396 g/mol. The molecule has 0 spiro atoms. The van der Waals surface area contributed by atoms with Gasteiger partial charge >= 0.3 is 0 Å². The normalized spacial score (nSPS) is 13.0. The lowest BCUT2D eigenvalue weighted by Gasteiger charge is -2.34. The molecule has 0 heterocycles. The van der Waals surface area contributed by atoms with Crippen molar-refractivity contribution in [2.24, 2.45) is 0 Å². The highest BCUT2D eigenvalue weighted by atomic mass is 35.5. The number of anilines is 1. The van der Waals surface area contributed by atoms with Crippen LogP contribution >= 0.6 is 11.6 Å². The van der Waals surface area contributed by atoms with Gasteiger partial charge in [0.1, 0.15) is 6.04 Å². The molecule has 0 aliphatic heterocycles. The number of benzene rings is 2. The number of sulfonamides is 1. The molecule has 0 bridgehead atoms. The van der Waals surface area contributed by atoms with Crippen LogP contribution in [0.1, 0.15) is 32.8 Å². The van der Waals surface area contributed by atoms with E-state index < -0.39 is 21.6 Å². The monoisotopic (exact) mass is 422 g/mol. The van der Waals surface area contributed by atoms with Crippen molar-refractivity contribution in [2.75, 3.05) is 10.6 Å². The van der Waals surface area contributed by atoms with Crippen LogP contribution in [0, 0.1) is 0 Å². The van der Waals surface area contributed by atoms with Crippen LogP contribution in [0.3, 0.4) is 0 Å². The predicted octanol–water partition coefficient (Wildman–Crippen LogP) is 4.02. The molecular formula is C21H27ClN2O3S. The highest BCUT2D eigenvalue weighted by molar-refractivity contribution is 7.92. The second kappa shape index (κ2) is 8.97. The van der Waals surface area contributed by atoms with Crippen molar-refractivity contribution in [1.82, 2.24) is 5.32 Å². The number of carbonyl (C=O) groups excluding carboxylic acids is 1. The second-order valence-electron chi connectivity index (χ2n) is 7.49. The summed E-state index contributed by atoms with van der Waals surface area (Å²) in [5.41, 5.74) is 0.975. The summed E-state index contributed by atoms with van der Waals surface area (Å²) in [5, 5.41) is 3.52. The Balaban J connectivity index is 2.27. The van der Waals surface area contributed by atoms with E-state index in [9.17, 15) is 13.2 Å². The van der Waals surface area contributed by atoms with Crippen molar-refractivity contribution in [3.63, 3.8) is 0 Å². The molecule has 0 fully saturated rings. The van der Waals surface area contributed by atoms with Crippen molar-refractivity contribution >= 4 is 33.2 Å². The lowest BCUT2D eigenvalue weighted by Crippen LogP contribution is -2.55. The molecule has 28 heavy (non-hydrogen) atoms. The lowest BCUT2D eigenvalue weighted by molar-refractivity contribution is -0.123. The zero-order valence-electron chi connectivity index (χ0n) is 16.6. The second-order valence-corrected chi connectivity index (χ2v) is 9.79. The van der Waals surface area contributed by atoms with Crippen LogP contribution < -0.4 is 9.62 Å². The van der Waals surface area contributed by atoms with Gasteiger partial charge in [-0.05, 0) is 56.5 Å². The molecule has 152 valence electrons. The molecule has 5 nitrogen and oxygen atoms in total. The summed E-state index contributed by atoms with van der Waals surface area (Å²) in [5.74, 6) is -0.330. The van der Waals surface area contributed by atoms with Gasteiger partial charge in [0.05, 0.1) is 11.9 Å². The Morgan fingerprint density at radius 3 is 2.18 bits per heavy atom. The van der Waals surface area contributed by atoms with E-state index in [1.165, 1.54) is 0 Å². The molecule has 2 rings (SSSR count). The van der Waals surface area contributed by atoms with Gasteiger partial charge in [0, 0.05) is 10.6 Å². The topological polar surface area (TPSA) is 66.5 Å². The predicted molar refractivity (Wildman–Crippen MR) is 115 cm³/mol. The van der Waals surface area contributed by atoms with Crippen LogP contribution in [0.5, 0.6) is 0 Å². The Hall–Kier alpha value is -2.05. The third kappa shape index (κ3) is 5.97. The molecule has 0 aromatic heterocycles. The molecule has 0 radical (unpaired) electrons. The number of nitrogens with one attached hydrogen (secondary N) is 1. The standard InChI is InChI=1S/C21H27ClN2O3S/c1-5-19(24(28(4,26)27)18-13-11-17(22)12-14-18)20(25)23-21(2,3)15-16-9-7-6-8-10-16/h6-14,19H,5,15H2,1-4H3,(H,23,25)/t19-/m1/s1. The molecule has 1 N–H and O–H groups in total. The third-order valence-electron chi connectivity index (χ3n) is 4.36. The first-order chi connectivity index (χ1) is 13.0. The number of halogens is 1. The van der Waals surface area contributed by atoms with E-state index in [-0.39, 0.29) is 5.91 Å². The average molecular weight is 423 g/mol. The number of hydrogen-bond acceptors (Lipinski definition) is 3. The summed E-state index contributed by atoms with van der Waals surface area (Å²) in [6.45, 7) is 5.65. The molecule has 0 unspecified atom stereocenters. The van der Waals surface area contributed by atoms with Gasteiger partial charge in [-0.2, -0.15) is 0 Å². The third-order valence-corrected chi connectivity index (χ3v) is 5.79. The van der Waals surface area contributed by atoms with Gasteiger partial charge in [-0.3, -0.25) is 9.10 Å². The van der Waals surface area contributed by atoms with Crippen molar-refractivity contribution in [2.45, 2.75) is 45.2 Å².